The maximum Gasteiger partial charge on any atom is 0.266 e. The van der Waals surface area contributed by atoms with Crippen molar-refractivity contribution in [2.45, 2.75) is 11.5 Å². The molecular weight excluding hydrogens is 292 g/mol. The molecule has 0 saturated carbocycles. The van der Waals surface area contributed by atoms with Crippen molar-refractivity contribution in [2.75, 3.05) is 4.72 Å². The first-order chi connectivity index (χ1) is 9.45. The number of nitrogens with one attached hydrogen (secondary N) is 1. The summed E-state index contributed by atoms with van der Waals surface area (Å²) in [5, 5.41) is 15.8. The second-order valence-corrected chi connectivity index (χ2v) is 5.36. The Kier molecular flexibility index (Phi) is 3.91. The van der Waals surface area contributed by atoms with Gasteiger partial charge in [0.05, 0.1) is 12.2 Å². The molecule has 6 nitrogen and oxygen atoms in total. The molecule has 0 bridgehead atoms. The van der Waals surface area contributed by atoms with Gasteiger partial charge in [-0.1, -0.05) is 0 Å². The molecule has 0 aliphatic heterocycles. The van der Waals surface area contributed by atoms with Gasteiger partial charge in [-0.15, -0.1) is 5.10 Å². The normalized spacial score (nSPS) is 11.3. The Balaban J connectivity index is 2.45. The van der Waals surface area contributed by atoms with Crippen LogP contribution in [0.5, 0.6) is 0 Å². The predicted molar refractivity (Wildman–Crippen MR) is 65.1 cm³/mol. The minimum atomic E-state index is -4.30. The van der Waals surface area contributed by atoms with Gasteiger partial charge in [0, 0.05) is 6.20 Å². The van der Waals surface area contributed by atoms with Gasteiger partial charge in [-0.2, -0.15) is 5.10 Å². The summed E-state index contributed by atoms with van der Waals surface area (Å²) in [6, 6.07) is 4.28. The molecule has 0 aliphatic carbocycles. The third-order valence-corrected chi connectivity index (χ3v) is 3.78. The second-order valence-electron chi connectivity index (χ2n) is 3.71. The lowest BCUT2D eigenvalue weighted by Crippen LogP contribution is -2.17. The van der Waals surface area contributed by atoms with E-state index in [1.807, 2.05) is 4.72 Å². The van der Waals surface area contributed by atoms with Crippen molar-refractivity contribution in [3.05, 3.63) is 47.7 Å². The Hall–Kier alpha value is -2.13. The van der Waals surface area contributed by atoms with Crippen molar-refractivity contribution in [3.63, 3.8) is 0 Å². The van der Waals surface area contributed by atoms with E-state index in [1.54, 1.807) is 0 Å². The molecule has 0 radical (unpaired) electrons. The van der Waals surface area contributed by atoms with E-state index < -0.39 is 38.7 Å². The molecule has 106 valence electrons. The van der Waals surface area contributed by atoms with Crippen LogP contribution >= 0.6 is 0 Å². The Bertz CT molecular complexity index is 723. The SMILES string of the molecule is O=S(=O)(Nc1cccnn1)c1ccc(F)c(CO)c1F. The van der Waals surface area contributed by atoms with Crippen LogP contribution in [0.25, 0.3) is 0 Å². The van der Waals surface area contributed by atoms with Crippen molar-refractivity contribution in [2.24, 2.45) is 0 Å². The van der Waals surface area contributed by atoms with Crippen LogP contribution in [-0.4, -0.2) is 23.7 Å². The first-order valence-corrected chi connectivity index (χ1v) is 6.82. The fourth-order valence-electron chi connectivity index (χ4n) is 1.48. The van der Waals surface area contributed by atoms with E-state index in [0.717, 1.165) is 12.1 Å². The number of sulfonamides is 1. The van der Waals surface area contributed by atoms with Crippen LogP contribution in [0.3, 0.4) is 0 Å². The molecule has 2 N–H and O–H groups in total. The monoisotopic (exact) mass is 301 g/mol. The van der Waals surface area contributed by atoms with Crippen molar-refractivity contribution >= 4 is 15.8 Å². The number of aliphatic hydroxyl groups excluding tert-OH is 1. The number of hydrogen-bond donors (Lipinski definition) is 2. The van der Waals surface area contributed by atoms with Crippen molar-refractivity contribution < 1.29 is 22.3 Å². The number of anilines is 1. The number of nitrogens with zero attached hydrogens (tertiary/aromatic N) is 2. The molecule has 0 unspecified atom stereocenters. The van der Waals surface area contributed by atoms with E-state index in [1.165, 1.54) is 18.3 Å². The molecule has 1 aromatic carbocycles. The van der Waals surface area contributed by atoms with Crippen LogP contribution in [0.2, 0.25) is 0 Å². The van der Waals surface area contributed by atoms with E-state index in [-0.39, 0.29) is 5.82 Å². The number of halogens is 2. The van der Waals surface area contributed by atoms with Crippen molar-refractivity contribution in [3.8, 4) is 0 Å². The summed E-state index contributed by atoms with van der Waals surface area (Å²) >= 11 is 0. The van der Waals surface area contributed by atoms with Crippen LogP contribution in [0.15, 0.2) is 35.4 Å². The maximum absolute atomic E-state index is 13.9. The van der Waals surface area contributed by atoms with Gasteiger partial charge in [-0.05, 0) is 24.3 Å². The fraction of sp³-hybridized carbons (Fsp3) is 0.0909. The van der Waals surface area contributed by atoms with Gasteiger partial charge in [0.25, 0.3) is 10.0 Å². The van der Waals surface area contributed by atoms with E-state index in [9.17, 15) is 17.2 Å². The molecule has 0 amide bonds. The Morgan fingerprint density at radius 2 is 2.00 bits per heavy atom. The minimum absolute atomic E-state index is 0.109. The maximum atomic E-state index is 13.9. The lowest BCUT2D eigenvalue weighted by molar-refractivity contribution is 0.267. The molecule has 2 aromatic rings. The smallest absolute Gasteiger partial charge is 0.266 e. The van der Waals surface area contributed by atoms with E-state index in [2.05, 4.69) is 10.2 Å². The van der Waals surface area contributed by atoms with Crippen molar-refractivity contribution in [1.82, 2.24) is 10.2 Å². The summed E-state index contributed by atoms with van der Waals surface area (Å²) in [5.74, 6) is -2.48. The summed E-state index contributed by atoms with van der Waals surface area (Å²) in [5.41, 5.74) is -0.716. The predicted octanol–water partition coefficient (Wildman–Crippen LogP) is 1.05. The third-order valence-electron chi connectivity index (χ3n) is 2.41. The molecule has 20 heavy (non-hydrogen) atoms. The van der Waals surface area contributed by atoms with Crippen LogP contribution in [0.4, 0.5) is 14.6 Å². The summed E-state index contributed by atoms with van der Waals surface area (Å²) in [4.78, 5) is -0.784. The highest BCUT2D eigenvalue weighted by Gasteiger charge is 2.23. The highest BCUT2D eigenvalue weighted by Crippen LogP contribution is 2.22. The van der Waals surface area contributed by atoms with Gasteiger partial charge in [0.15, 0.2) is 11.6 Å². The number of aromatic nitrogens is 2. The molecule has 0 fully saturated rings. The molecular formula is C11H9F2N3O3S. The molecule has 1 heterocycles. The van der Waals surface area contributed by atoms with E-state index in [0.29, 0.717) is 0 Å². The van der Waals surface area contributed by atoms with Crippen molar-refractivity contribution in [1.29, 1.82) is 0 Å². The van der Waals surface area contributed by atoms with Crippen LogP contribution < -0.4 is 4.72 Å². The lowest BCUT2D eigenvalue weighted by Gasteiger charge is -2.10. The van der Waals surface area contributed by atoms with Gasteiger partial charge >= 0.3 is 0 Å². The highest BCUT2D eigenvalue weighted by atomic mass is 32.2. The van der Waals surface area contributed by atoms with Crippen LogP contribution in [0.1, 0.15) is 5.56 Å². The van der Waals surface area contributed by atoms with E-state index >= 15 is 0 Å². The Morgan fingerprint density at radius 3 is 2.60 bits per heavy atom. The Labute approximate surface area is 113 Å². The number of rotatable bonds is 4. The molecule has 1 aromatic heterocycles. The van der Waals surface area contributed by atoms with Gasteiger partial charge < -0.3 is 5.11 Å². The number of hydrogen-bond acceptors (Lipinski definition) is 5. The Morgan fingerprint density at radius 1 is 1.25 bits per heavy atom. The van der Waals surface area contributed by atoms with Crippen LogP contribution in [-0.2, 0) is 16.6 Å². The number of benzene rings is 1. The largest absolute Gasteiger partial charge is 0.391 e. The summed E-state index contributed by atoms with van der Waals surface area (Å²) in [7, 11) is -4.30. The highest BCUT2D eigenvalue weighted by molar-refractivity contribution is 7.92. The molecule has 9 heteroatoms. The number of aliphatic hydroxyl groups is 1. The van der Waals surface area contributed by atoms with Gasteiger partial charge in [0.2, 0.25) is 0 Å². The third kappa shape index (κ3) is 2.73. The average molecular weight is 301 g/mol. The van der Waals surface area contributed by atoms with Crippen LogP contribution in [0, 0.1) is 11.6 Å². The van der Waals surface area contributed by atoms with Gasteiger partial charge in [-0.3, -0.25) is 4.72 Å². The zero-order valence-electron chi connectivity index (χ0n) is 9.92. The fourth-order valence-corrected chi connectivity index (χ4v) is 2.58. The standard InChI is InChI=1S/C11H9F2N3O3S/c12-8-3-4-9(11(13)7(8)6-17)20(18,19)16-10-2-1-5-14-15-10/h1-5,17H,6H2,(H,15,16). The molecule has 0 aliphatic rings. The zero-order valence-corrected chi connectivity index (χ0v) is 10.7. The first-order valence-electron chi connectivity index (χ1n) is 5.34. The minimum Gasteiger partial charge on any atom is -0.391 e. The summed E-state index contributed by atoms with van der Waals surface area (Å²) in [6.45, 7) is -0.952. The first kappa shape index (κ1) is 14.3. The average Bonchev–Trinajstić information content (AvgIpc) is 2.39. The summed E-state index contributed by atoms with van der Waals surface area (Å²) in [6.07, 6.45) is 1.33. The van der Waals surface area contributed by atoms with Gasteiger partial charge in [0.1, 0.15) is 10.7 Å². The molecule has 0 atom stereocenters. The molecule has 0 saturated heterocycles. The summed E-state index contributed by atoms with van der Waals surface area (Å²) < 4.78 is 53.0. The molecule has 0 spiro atoms. The second kappa shape index (κ2) is 5.47. The molecule has 2 rings (SSSR count). The quantitative estimate of drug-likeness (QED) is 0.880. The lowest BCUT2D eigenvalue weighted by atomic mass is 10.2. The van der Waals surface area contributed by atoms with Gasteiger partial charge in [-0.25, -0.2) is 17.2 Å². The van der Waals surface area contributed by atoms with E-state index in [4.69, 9.17) is 5.11 Å². The topological polar surface area (TPSA) is 92.2 Å². The zero-order chi connectivity index (χ0) is 14.8.